The topological polar surface area (TPSA) is 138 Å². The molecule has 0 spiro atoms. The fraction of sp³-hybridized carbons (Fsp3) is 0.130. The summed E-state index contributed by atoms with van der Waals surface area (Å²) < 4.78 is 16.2. The number of benzene rings is 2. The maximum Gasteiger partial charge on any atom is 0.325 e. The summed E-state index contributed by atoms with van der Waals surface area (Å²) in [6.45, 7) is 1.99. The van der Waals surface area contributed by atoms with E-state index < -0.39 is 17.1 Å². The number of carbonyl (C=O) groups is 1. The van der Waals surface area contributed by atoms with Gasteiger partial charge in [-0.1, -0.05) is 29.2 Å². The van der Waals surface area contributed by atoms with Gasteiger partial charge < -0.3 is 10.3 Å². The molecular formula is C23H18FN7O3S2. The van der Waals surface area contributed by atoms with E-state index in [-0.39, 0.29) is 18.1 Å². The third-order valence-electron chi connectivity index (χ3n) is 5.07. The number of anilines is 1. The molecule has 0 unspecified atom stereocenters. The van der Waals surface area contributed by atoms with Crippen LogP contribution in [0.5, 0.6) is 0 Å². The lowest BCUT2D eigenvalue weighted by molar-refractivity contribution is -0.113. The van der Waals surface area contributed by atoms with E-state index >= 15 is 0 Å². The van der Waals surface area contributed by atoms with Crippen LogP contribution in [0.2, 0.25) is 0 Å². The molecule has 10 nitrogen and oxygen atoms in total. The van der Waals surface area contributed by atoms with Crippen molar-refractivity contribution >= 4 is 44.4 Å². The van der Waals surface area contributed by atoms with Gasteiger partial charge in [0.05, 0.1) is 16.0 Å². The minimum absolute atomic E-state index is 0.0239. The van der Waals surface area contributed by atoms with Gasteiger partial charge in [0.1, 0.15) is 11.6 Å². The number of thiazole rings is 1. The second-order valence-electron chi connectivity index (χ2n) is 7.83. The Hall–Kier alpha value is -4.10. The number of carbonyl (C=O) groups excluding carboxylic acids is 1. The number of fused-ring (bicyclic) bond motifs is 1. The van der Waals surface area contributed by atoms with Crippen molar-refractivity contribution in [3.8, 4) is 5.69 Å². The van der Waals surface area contributed by atoms with E-state index in [1.165, 1.54) is 29.5 Å². The van der Waals surface area contributed by atoms with E-state index in [1.54, 1.807) is 16.7 Å². The molecular weight excluding hydrogens is 505 g/mol. The standard InChI is InChI=1S/C23H18FN7O3S2/c1-12-2-7-16-17(8-12)36-22(26-16)28-20(33)11-35-23-30-29-18(9-14-10-19(32)27-21(34)25-14)31(23)15-5-3-13(24)4-6-15/h2-8,10H,9,11H2,1H3,(H,26,28,33)(H2,25,27,32,34). The van der Waals surface area contributed by atoms with Crippen molar-refractivity contribution in [3.05, 3.63) is 92.3 Å². The van der Waals surface area contributed by atoms with Gasteiger partial charge in [0.25, 0.3) is 5.56 Å². The van der Waals surface area contributed by atoms with Crippen LogP contribution in [0, 0.1) is 12.7 Å². The number of H-pyrrole nitrogens is 2. The number of rotatable bonds is 7. The van der Waals surface area contributed by atoms with Crippen LogP contribution in [-0.4, -0.2) is 41.4 Å². The lowest BCUT2D eigenvalue weighted by Crippen LogP contribution is -2.23. The van der Waals surface area contributed by atoms with Crippen LogP contribution in [0.4, 0.5) is 9.52 Å². The van der Waals surface area contributed by atoms with Crippen molar-refractivity contribution < 1.29 is 9.18 Å². The van der Waals surface area contributed by atoms with E-state index in [1.807, 2.05) is 25.1 Å². The van der Waals surface area contributed by atoms with Gasteiger partial charge in [-0.05, 0) is 48.9 Å². The van der Waals surface area contributed by atoms with Gasteiger partial charge in [-0.2, -0.15) is 0 Å². The van der Waals surface area contributed by atoms with Crippen LogP contribution in [0.3, 0.4) is 0 Å². The number of nitrogens with zero attached hydrogens (tertiary/aromatic N) is 4. The predicted octanol–water partition coefficient (Wildman–Crippen LogP) is 3.02. The van der Waals surface area contributed by atoms with Crippen molar-refractivity contribution in [2.75, 3.05) is 11.1 Å². The normalized spacial score (nSPS) is 11.2. The van der Waals surface area contributed by atoms with Crippen LogP contribution < -0.4 is 16.6 Å². The predicted molar refractivity (Wildman–Crippen MR) is 136 cm³/mol. The molecule has 0 saturated carbocycles. The first-order valence-corrected chi connectivity index (χ1v) is 12.5. The van der Waals surface area contributed by atoms with Gasteiger partial charge in [0, 0.05) is 23.9 Å². The second kappa shape index (κ2) is 9.87. The van der Waals surface area contributed by atoms with Gasteiger partial charge in [0.2, 0.25) is 5.91 Å². The Kier molecular flexibility index (Phi) is 6.48. The quantitative estimate of drug-likeness (QED) is 0.279. The summed E-state index contributed by atoms with van der Waals surface area (Å²) in [6.07, 6.45) is 0.0847. The van der Waals surface area contributed by atoms with Crippen LogP contribution in [0.15, 0.2) is 63.3 Å². The molecule has 0 aliphatic rings. The molecule has 1 amide bonds. The molecule has 0 radical (unpaired) electrons. The molecule has 182 valence electrons. The molecule has 13 heteroatoms. The summed E-state index contributed by atoms with van der Waals surface area (Å²) in [6, 6.07) is 12.8. The van der Waals surface area contributed by atoms with Crippen LogP contribution >= 0.6 is 23.1 Å². The van der Waals surface area contributed by atoms with Gasteiger partial charge >= 0.3 is 5.69 Å². The van der Waals surface area contributed by atoms with Gasteiger partial charge in [-0.15, -0.1) is 10.2 Å². The smallest absolute Gasteiger partial charge is 0.311 e. The lowest BCUT2D eigenvalue weighted by atomic mass is 10.2. The van der Waals surface area contributed by atoms with E-state index in [4.69, 9.17) is 0 Å². The first-order chi connectivity index (χ1) is 17.3. The summed E-state index contributed by atoms with van der Waals surface area (Å²) >= 11 is 2.53. The Morgan fingerprint density at radius 1 is 1.11 bits per heavy atom. The van der Waals surface area contributed by atoms with Crippen molar-refractivity contribution in [2.45, 2.75) is 18.5 Å². The van der Waals surface area contributed by atoms with E-state index in [0.29, 0.717) is 27.5 Å². The number of aryl methyl sites for hydroxylation is 1. The minimum Gasteiger partial charge on any atom is -0.311 e. The van der Waals surface area contributed by atoms with E-state index in [0.717, 1.165) is 27.5 Å². The molecule has 0 saturated heterocycles. The Morgan fingerprint density at radius 3 is 2.69 bits per heavy atom. The first-order valence-electron chi connectivity index (χ1n) is 10.7. The van der Waals surface area contributed by atoms with Crippen molar-refractivity contribution in [2.24, 2.45) is 0 Å². The van der Waals surface area contributed by atoms with Crippen molar-refractivity contribution in [1.82, 2.24) is 29.7 Å². The number of amides is 1. The first kappa shape index (κ1) is 23.6. The zero-order chi connectivity index (χ0) is 25.2. The van der Waals surface area contributed by atoms with Gasteiger partial charge in [-0.25, -0.2) is 14.2 Å². The molecule has 5 aromatic rings. The molecule has 0 fully saturated rings. The summed E-state index contributed by atoms with van der Waals surface area (Å²) in [5.74, 6) is -0.264. The second-order valence-corrected chi connectivity index (χ2v) is 9.80. The van der Waals surface area contributed by atoms with Crippen molar-refractivity contribution in [1.29, 1.82) is 0 Å². The maximum atomic E-state index is 13.5. The zero-order valence-corrected chi connectivity index (χ0v) is 20.4. The summed E-state index contributed by atoms with van der Waals surface area (Å²) in [4.78, 5) is 45.1. The largest absolute Gasteiger partial charge is 0.325 e. The Balaban J connectivity index is 1.37. The average molecular weight is 524 g/mol. The number of thioether (sulfide) groups is 1. The summed E-state index contributed by atoms with van der Waals surface area (Å²) in [5.41, 5.74) is 1.64. The van der Waals surface area contributed by atoms with Gasteiger partial charge in [0.15, 0.2) is 10.3 Å². The molecule has 0 atom stereocenters. The highest BCUT2D eigenvalue weighted by molar-refractivity contribution is 7.99. The number of halogens is 1. The Morgan fingerprint density at radius 2 is 1.92 bits per heavy atom. The van der Waals surface area contributed by atoms with Gasteiger partial charge in [-0.3, -0.25) is 19.1 Å². The maximum absolute atomic E-state index is 13.5. The van der Waals surface area contributed by atoms with Crippen molar-refractivity contribution in [3.63, 3.8) is 0 Å². The van der Waals surface area contributed by atoms with Crippen LogP contribution in [0.1, 0.15) is 17.1 Å². The third kappa shape index (κ3) is 5.26. The zero-order valence-electron chi connectivity index (χ0n) is 18.7. The van der Waals surface area contributed by atoms with E-state index in [2.05, 4.69) is 30.5 Å². The van der Waals surface area contributed by atoms with E-state index in [9.17, 15) is 18.8 Å². The van der Waals surface area contributed by atoms with Crippen LogP contribution in [-0.2, 0) is 11.2 Å². The Bertz CT molecular complexity index is 1660. The summed E-state index contributed by atoms with van der Waals surface area (Å²) in [5, 5.41) is 12.1. The average Bonchev–Trinajstić information content (AvgIpc) is 3.40. The minimum atomic E-state index is -0.637. The molecule has 3 aromatic heterocycles. The third-order valence-corrected chi connectivity index (χ3v) is 6.94. The highest BCUT2D eigenvalue weighted by Gasteiger charge is 2.18. The SMILES string of the molecule is Cc1ccc2nc(NC(=O)CSc3nnc(Cc4cc(=O)[nH]c(=O)[nH]4)n3-c3ccc(F)cc3)sc2c1. The molecule has 2 aromatic carbocycles. The summed E-state index contributed by atoms with van der Waals surface area (Å²) in [7, 11) is 0. The Labute approximate surface area is 210 Å². The fourth-order valence-electron chi connectivity index (χ4n) is 3.51. The molecule has 3 N–H and O–H groups in total. The number of aromatic amines is 2. The molecule has 0 bridgehead atoms. The number of nitrogens with one attached hydrogen (secondary N) is 3. The fourth-order valence-corrected chi connectivity index (χ4v) is 5.26. The molecule has 5 rings (SSSR count). The number of hydrogen-bond acceptors (Lipinski definition) is 8. The highest BCUT2D eigenvalue weighted by atomic mass is 32.2. The highest BCUT2D eigenvalue weighted by Crippen LogP contribution is 2.28. The lowest BCUT2D eigenvalue weighted by Gasteiger charge is -2.10. The number of aromatic nitrogens is 6. The number of hydrogen-bond donors (Lipinski definition) is 3. The van der Waals surface area contributed by atoms with Crippen LogP contribution in [0.25, 0.3) is 15.9 Å². The molecule has 36 heavy (non-hydrogen) atoms. The molecule has 0 aliphatic carbocycles. The molecule has 3 heterocycles. The molecule has 0 aliphatic heterocycles. The monoisotopic (exact) mass is 523 g/mol.